The smallest absolute Gasteiger partial charge is 0.343 e. The summed E-state index contributed by atoms with van der Waals surface area (Å²) in [7, 11) is 1.35. The number of carbonyl (C=O) groups is 1. The van der Waals surface area contributed by atoms with Gasteiger partial charge in [0, 0.05) is 0 Å². The maximum atomic E-state index is 12.9. The van der Waals surface area contributed by atoms with Crippen LogP contribution in [0.1, 0.15) is 22.0 Å². The molecule has 0 fully saturated rings. The minimum absolute atomic E-state index is 0.0984. The molecule has 2 rings (SSSR count). The van der Waals surface area contributed by atoms with Crippen LogP contribution >= 0.6 is 0 Å². The van der Waals surface area contributed by atoms with Gasteiger partial charge in [-0.15, -0.1) is 0 Å². The number of methoxy groups -OCH3 is 1. The number of benzene rings is 2. The summed E-state index contributed by atoms with van der Waals surface area (Å²) in [6.07, 6.45) is -2.66. The molecule has 2 atom stereocenters. The van der Waals surface area contributed by atoms with Crippen LogP contribution in [0.25, 0.3) is 0 Å². The fraction of sp³-hybridized carbons (Fsp3) is 0.235. The number of ether oxygens (including phenoxy) is 2. The van der Waals surface area contributed by atoms with Gasteiger partial charge in [-0.2, -0.15) is 0 Å². The number of rotatable bonds is 6. The molecule has 0 saturated carbocycles. The molecule has 0 aliphatic carbocycles. The molecule has 2 aromatic carbocycles. The summed E-state index contributed by atoms with van der Waals surface area (Å²) in [5, 5.41) is 28.2. The summed E-state index contributed by atoms with van der Waals surface area (Å²) < 4.78 is 23.2. The predicted octanol–water partition coefficient (Wildman–Crippen LogP) is 1.44. The van der Waals surface area contributed by atoms with Crippen LogP contribution < -0.4 is 9.47 Å². The van der Waals surface area contributed by atoms with Crippen LogP contribution in [0.15, 0.2) is 42.5 Å². The number of aliphatic hydroxyl groups excluding tert-OH is 3. The highest BCUT2D eigenvalue weighted by molar-refractivity contribution is 5.91. The van der Waals surface area contributed by atoms with Crippen molar-refractivity contribution < 1.29 is 34.0 Å². The molecule has 0 aliphatic heterocycles. The third kappa shape index (κ3) is 4.08. The molecule has 0 bridgehead atoms. The van der Waals surface area contributed by atoms with Gasteiger partial charge in [0.05, 0.1) is 19.3 Å². The standard InChI is InChI=1S/C17H17FO6/c1-23-15-8-11(16(21)13(20)9-19)4-7-14(15)24-17(22)10-2-5-12(18)6-3-10/h2-8,13,16,19-21H,9H2,1H3. The Hall–Kier alpha value is -2.48. The zero-order valence-electron chi connectivity index (χ0n) is 12.8. The topological polar surface area (TPSA) is 96.2 Å². The zero-order valence-corrected chi connectivity index (χ0v) is 12.8. The predicted molar refractivity (Wildman–Crippen MR) is 82.4 cm³/mol. The molecule has 7 heteroatoms. The van der Waals surface area contributed by atoms with E-state index in [1.54, 1.807) is 0 Å². The number of esters is 1. The highest BCUT2D eigenvalue weighted by Crippen LogP contribution is 2.31. The van der Waals surface area contributed by atoms with Crippen LogP contribution in [-0.4, -0.2) is 41.1 Å². The van der Waals surface area contributed by atoms with Crippen molar-refractivity contribution in [2.24, 2.45) is 0 Å². The number of halogens is 1. The summed E-state index contributed by atoms with van der Waals surface area (Å²) >= 11 is 0. The van der Waals surface area contributed by atoms with Crippen molar-refractivity contribution in [1.29, 1.82) is 0 Å². The van der Waals surface area contributed by atoms with E-state index in [0.29, 0.717) is 0 Å². The molecule has 128 valence electrons. The molecule has 0 heterocycles. The molecular weight excluding hydrogens is 319 g/mol. The summed E-state index contributed by atoms with van der Waals surface area (Å²) in [5.41, 5.74) is 0.452. The van der Waals surface area contributed by atoms with Crippen molar-refractivity contribution in [1.82, 2.24) is 0 Å². The Balaban J connectivity index is 2.21. The quantitative estimate of drug-likeness (QED) is 0.546. The molecule has 3 N–H and O–H groups in total. The van der Waals surface area contributed by atoms with E-state index in [2.05, 4.69) is 0 Å². The van der Waals surface area contributed by atoms with Crippen LogP contribution in [0.2, 0.25) is 0 Å². The highest BCUT2D eigenvalue weighted by atomic mass is 19.1. The van der Waals surface area contributed by atoms with Gasteiger partial charge in [0.25, 0.3) is 0 Å². The van der Waals surface area contributed by atoms with Crippen LogP contribution in [-0.2, 0) is 0 Å². The second-order valence-corrected chi connectivity index (χ2v) is 5.00. The van der Waals surface area contributed by atoms with Gasteiger partial charge >= 0.3 is 5.97 Å². The Morgan fingerprint density at radius 1 is 1.12 bits per heavy atom. The molecule has 0 radical (unpaired) electrons. The zero-order chi connectivity index (χ0) is 17.7. The lowest BCUT2D eigenvalue weighted by molar-refractivity contribution is -0.0153. The fourth-order valence-electron chi connectivity index (χ4n) is 2.02. The monoisotopic (exact) mass is 336 g/mol. The third-order valence-corrected chi connectivity index (χ3v) is 3.36. The maximum absolute atomic E-state index is 12.9. The molecule has 0 saturated heterocycles. The van der Waals surface area contributed by atoms with Crippen molar-refractivity contribution in [2.45, 2.75) is 12.2 Å². The van der Waals surface area contributed by atoms with Gasteiger partial charge < -0.3 is 24.8 Å². The Kier molecular flexibility index (Phi) is 5.86. The molecule has 24 heavy (non-hydrogen) atoms. The lowest BCUT2D eigenvalue weighted by atomic mass is 10.0. The Morgan fingerprint density at radius 3 is 2.38 bits per heavy atom. The van der Waals surface area contributed by atoms with E-state index < -0.39 is 30.6 Å². The number of hydrogen-bond acceptors (Lipinski definition) is 6. The van der Waals surface area contributed by atoms with Gasteiger partial charge in [-0.1, -0.05) is 6.07 Å². The SMILES string of the molecule is COc1cc(C(O)C(O)CO)ccc1OC(=O)c1ccc(F)cc1. The van der Waals surface area contributed by atoms with Crippen molar-refractivity contribution in [3.63, 3.8) is 0 Å². The molecule has 0 amide bonds. The van der Waals surface area contributed by atoms with Crippen LogP contribution in [0.4, 0.5) is 4.39 Å². The molecule has 0 spiro atoms. The summed E-state index contributed by atoms with van der Waals surface area (Å²) in [6, 6.07) is 9.08. The van der Waals surface area contributed by atoms with Crippen molar-refractivity contribution in [3.05, 3.63) is 59.4 Å². The Labute approximate surface area is 137 Å². The second kappa shape index (κ2) is 7.87. The second-order valence-electron chi connectivity index (χ2n) is 5.00. The van der Waals surface area contributed by atoms with Crippen LogP contribution in [0.3, 0.4) is 0 Å². The Morgan fingerprint density at radius 2 is 1.79 bits per heavy atom. The molecule has 0 aromatic heterocycles. The molecule has 0 aliphatic rings. The van der Waals surface area contributed by atoms with Crippen molar-refractivity contribution in [2.75, 3.05) is 13.7 Å². The largest absolute Gasteiger partial charge is 0.493 e. The fourth-order valence-corrected chi connectivity index (χ4v) is 2.02. The first-order valence-corrected chi connectivity index (χ1v) is 7.09. The van der Waals surface area contributed by atoms with Gasteiger partial charge in [-0.3, -0.25) is 0 Å². The lowest BCUT2D eigenvalue weighted by Crippen LogP contribution is -2.22. The minimum Gasteiger partial charge on any atom is -0.493 e. The maximum Gasteiger partial charge on any atom is 0.343 e. The van der Waals surface area contributed by atoms with E-state index in [0.717, 1.165) is 12.1 Å². The van der Waals surface area contributed by atoms with Crippen molar-refractivity contribution in [3.8, 4) is 11.5 Å². The van der Waals surface area contributed by atoms with E-state index >= 15 is 0 Å². The lowest BCUT2D eigenvalue weighted by Gasteiger charge is -2.17. The normalized spacial score (nSPS) is 13.2. The van der Waals surface area contributed by atoms with E-state index in [1.807, 2.05) is 0 Å². The van der Waals surface area contributed by atoms with Crippen LogP contribution in [0.5, 0.6) is 11.5 Å². The first-order chi connectivity index (χ1) is 11.5. The van der Waals surface area contributed by atoms with Gasteiger partial charge in [-0.25, -0.2) is 9.18 Å². The van der Waals surface area contributed by atoms with Crippen molar-refractivity contribution >= 4 is 5.97 Å². The van der Waals surface area contributed by atoms with E-state index in [-0.39, 0.29) is 22.6 Å². The average molecular weight is 336 g/mol. The number of aliphatic hydroxyl groups is 3. The van der Waals surface area contributed by atoms with E-state index in [1.165, 1.54) is 37.4 Å². The number of carbonyl (C=O) groups excluding carboxylic acids is 1. The van der Waals surface area contributed by atoms with E-state index in [4.69, 9.17) is 14.6 Å². The molecule has 2 aromatic rings. The summed E-state index contributed by atoms with van der Waals surface area (Å²) in [4.78, 5) is 12.0. The Bertz CT molecular complexity index is 701. The van der Waals surface area contributed by atoms with Gasteiger partial charge in [-0.05, 0) is 42.0 Å². The van der Waals surface area contributed by atoms with Gasteiger partial charge in [0.1, 0.15) is 18.0 Å². The summed E-state index contributed by atoms with van der Waals surface area (Å²) in [6.45, 7) is -0.606. The third-order valence-electron chi connectivity index (χ3n) is 3.36. The highest BCUT2D eigenvalue weighted by Gasteiger charge is 2.20. The van der Waals surface area contributed by atoms with Crippen LogP contribution in [0, 0.1) is 5.82 Å². The summed E-state index contributed by atoms with van der Waals surface area (Å²) in [5.74, 6) is -0.907. The molecular formula is C17H17FO6. The van der Waals surface area contributed by atoms with Gasteiger partial charge in [0.2, 0.25) is 0 Å². The first-order valence-electron chi connectivity index (χ1n) is 7.09. The van der Waals surface area contributed by atoms with Gasteiger partial charge in [0.15, 0.2) is 11.5 Å². The molecule has 2 unspecified atom stereocenters. The average Bonchev–Trinajstić information content (AvgIpc) is 2.61. The minimum atomic E-state index is -1.35. The first kappa shape index (κ1) is 17.9. The molecule has 6 nitrogen and oxygen atoms in total. The van der Waals surface area contributed by atoms with E-state index in [9.17, 15) is 19.4 Å². The number of hydrogen-bond donors (Lipinski definition) is 3.